The van der Waals surface area contributed by atoms with Gasteiger partial charge in [0.05, 0.1) is 38.1 Å². The number of ether oxygens (including phenoxy) is 6. The zero-order valence-electron chi connectivity index (χ0n) is 42.2. The summed E-state index contributed by atoms with van der Waals surface area (Å²) in [5, 5.41) is 27.8. The Labute approximate surface area is 417 Å². The second-order valence-electron chi connectivity index (χ2n) is 19.4. The number of rotatable bonds is 31. The van der Waals surface area contributed by atoms with Crippen molar-refractivity contribution >= 4 is 17.9 Å². The predicted molar refractivity (Wildman–Crippen MR) is 271 cm³/mol. The fraction of sp³-hybridized carbons (Fsp3) is 0.661. The van der Waals surface area contributed by atoms with Crippen LogP contribution in [0.15, 0.2) is 78.0 Å². The van der Waals surface area contributed by atoms with Gasteiger partial charge in [-0.3, -0.25) is 0 Å². The molecule has 1 saturated heterocycles. The highest BCUT2D eigenvalue weighted by molar-refractivity contribution is 6.03. The highest BCUT2D eigenvalue weighted by Crippen LogP contribution is 2.62. The van der Waals surface area contributed by atoms with Gasteiger partial charge in [-0.15, -0.1) is 6.58 Å². The first-order valence-corrected chi connectivity index (χ1v) is 26.7. The van der Waals surface area contributed by atoms with E-state index >= 15 is 0 Å². The maximum Gasteiger partial charge on any atom is 0.412 e. The molecule has 6 rings (SSSR count). The highest BCUT2D eigenvalue weighted by atomic mass is 16.8. The van der Waals surface area contributed by atoms with Crippen LogP contribution in [0.4, 0.5) is 9.59 Å². The first-order chi connectivity index (χ1) is 34.3. The maximum absolute atomic E-state index is 14.3. The molecular weight excluding hydrogens is 891 g/mol. The van der Waals surface area contributed by atoms with Gasteiger partial charge in [0.2, 0.25) is 12.1 Å². The van der Waals surface area contributed by atoms with E-state index in [0.717, 1.165) is 74.5 Å². The Kier molecular flexibility index (Phi) is 23.3. The number of oxime groups is 1. The van der Waals surface area contributed by atoms with Crippen molar-refractivity contribution in [1.82, 2.24) is 10.2 Å². The number of unbranched alkanes of at least 4 members (excludes halogenated alkanes) is 11. The first-order valence-electron chi connectivity index (χ1n) is 26.7. The van der Waals surface area contributed by atoms with Gasteiger partial charge in [-0.2, -0.15) is 0 Å². The summed E-state index contributed by atoms with van der Waals surface area (Å²) < 4.78 is 38.0. The van der Waals surface area contributed by atoms with E-state index in [0.29, 0.717) is 56.2 Å². The summed E-state index contributed by atoms with van der Waals surface area (Å²) in [7, 11) is 1.70. The molecule has 7 unspecified atom stereocenters. The van der Waals surface area contributed by atoms with Crippen molar-refractivity contribution in [2.24, 2.45) is 22.9 Å². The van der Waals surface area contributed by atoms with Crippen LogP contribution in [0, 0.1) is 17.8 Å². The van der Waals surface area contributed by atoms with E-state index in [9.17, 15) is 19.8 Å². The van der Waals surface area contributed by atoms with Crippen molar-refractivity contribution in [2.45, 2.75) is 166 Å². The molecule has 2 aliphatic carbocycles. The van der Waals surface area contributed by atoms with Crippen LogP contribution in [0.25, 0.3) is 0 Å². The number of likely N-dealkylation sites (N-methyl/N-ethyl adjacent to an activating group) is 1. The van der Waals surface area contributed by atoms with Crippen molar-refractivity contribution in [3.63, 3.8) is 0 Å². The molecule has 2 aromatic carbocycles. The van der Waals surface area contributed by atoms with Gasteiger partial charge in [0, 0.05) is 51.1 Å². The number of carbonyl (C=O) groups excluding carboxylic acids is 2. The summed E-state index contributed by atoms with van der Waals surface area (Å²) in [4.78, 5) is 35.4. The zero-order chi connectivity index (χ0) is 49.4. The van der Waals surface area contributed by atoms with Gasteiger partial charge in [0.15, 0.2) is 0 Å². The molecule has 7 atom stereocenters. The monoisotopic (exact) mass is 974 g/mol. The molecule has 3 N–H and O–H groups in total. The lowest BCUT2D eigenvalue weighted by molar-refractivity contribution is -0.254. The van der Waals surface area contributed by atoms with Crippen LogP contribution in [-0.2, 0) is 30.4 Å². The molecule has 0 bridgehead atoms. The SMILES string of the molecule is C=CCOC12Oc3ccc(OC(=O)NCCCCCCCCCCCC)cc3C3C(CCCCO)C(CCCCO)C=C(C(=NOC4CCCCO4)CC1N(C)C(=O)OCCOCc1ccccc1)C32. The summed E-state index contributed by atoms with van der Waals surface area (Å²) in [6.45, 7) is 8.28. The molecule has 2 fully saturated rings. The molecule has 1 saturated carbocycles. The fourth-order valence-electron chi connectivity index (χ4n) is 10.8. The first kappa shape index (κ1) is 54.9. The molecule has 4 aliphatic rings. The minimum atomic E-state index is -1.46. The van der Waals surface area contributed by atoms with Crippen molar-refractivity contribution in [3.05, 3.63) is 84.0 Å². The third-order valence-corrected chi connectivity index (χ3v) is 14.4. The second-order valence-corrected chi connectivity index (χ2v) is 19.4. The Morgan fingerprint density at radius 2 is 1.66 bits per heavy atom. The predicted octanol–water partition coefficient (Wildman–Crippen LogP) is 11.1. The minimum Gasteiger partial charge on any atom is -0.459 e. The third kappa shape index (κ3) is 15.5. The number of aliphatic hydroxyl groups excluding tert-OH is 2. The molecule has 14 heteroatoms. The molecule has 2 aliphatic heterocycles. The van der Waals surface area contributed by atoms with E-state index in [2.05, 4.69) is 24.9 Å². The summed E-state index contributed by atoms with van der Waals surface area (Å²) in [6, 6.07) is 14.6. The molecule has 0 spiro atoms. The summed E-state index contributed by atoms with van der Waals surface area (Å²) in [6.07, 6.45) is 21.7. The van der Waals surface area contributed by atoms with E-state index in [1.165, 1.54) is 44.9 Å². The van der Waals surface area contributed by atoms with Crippen LogP contribution in [0.5, 0.6) is 11.5 Å². The molecule has 70 heavy (non-hydrogen) atoms. The van der Waals surface area contributed by atoms with Crippen molar-refractivity contribution in [1.29, 1.82) is 0 Å². The smallest absolute Gasteiger partial charge is 0.412 e. The topological polar surface area (TPSA) is 167 Å². The number of carbonyl (C=O) groups is 2. The number of fused-ring (bicyclic) bond motifs is 2. The molecule has 14 nitrogen and oxygen atoms in total. The van der Waals surface area contributed by atoms with Crippen LogP contribution in [0.1, 0.15) is 152 Å². The van der Waals surface area contributed by atoms with Gasteiger partial charge in [0.1, 0.15) is 24.1 Å². The van der Waals surface area contributed by atoms with Crippen LogP contribution in [0.3, 0.4) is 0 Å². The van der Waals surface area contributed by atoms with Crippen molar-refractivity contribution < 1.29 is 53.1 Å². The number of benzene rings is 2. The van der Waals surface area contributed by atoms with Crippen molar-refractivity contribution in [2.75, 3.05) is 53.2 Å². The van der Waals surface area contributed by atoms with Gasteiger partial charge >= 0.3 is 12.2 Å². The van der Waals surface area contributed by atoms with Crippen LogP contribution in [-0.4, -0.2) is 104 Å². The van der Waals surface area contributed by atoms with E-state index in [1.807, 2.05) is 42.5 Å². The van der Waals surface area contributed by atoms with Crippen LogP contribution < -0.4 is 14.8 Å². The number of aliphatic hydroxyl groups is 2. The number of amides is 2. The zero-order valence-corrected chi connectivity index (χ0v) is 42.2. The second kappa shape index (κ2) is 29.8. The lowest BCUT2D eigenvalue weighted by Gasteiger charge is -2.59. The number of allylic oxidation sites excluding steroid dienone is 1. The number of nitrogens with one attached hydrogen (secondary N) is 1. The van der Waals surface area contributed by atoms with Crippen LogP contribution >= 0.6 is 0 Å². The molecule has 0 radical (unpaired) electrons. The number of hydrogen-bond acceptors (Lipinski definition) is 12. The summed E-state index contributed by atoms with van der Waals surface area (Å²) in [5.41, 5.74) is 3.43. The third-order valence-electron chi connectivity index (χ3n) is 14.4. The molecule has 2 amide bonds. The standard InChI is InChI=1S/C56H83N3O11/c1-4-6-7-8-9-10-11-12-13-20-31-57-54(62)68-44-29-30-49-47(39-44)52-45(27-18-22-33-61)43(26-17-21-32-60)38-46-48(58-70-51-28-19-23-35-65-51)40-50(56(69-49,53(46)52)67-34-5-2)59(3)55(63)66-37-36-64-41-42-24-15-14-16-25-42/h5,14-16,24-25,29-30,38-39,43,45,50-53,60-61H,2,4,6-13,17-23,26-28,31-37,40-41H2,1,3H3,(H,57,62). The summed E-state index contributed by atoms with van der Waals surface area (Å²) in [5.74, 6) is -1.32. The van der Waals surface area contributed by atoms with E-state index in [4.69, 9.17) is 38.4 Å². The number of hydrogen-bond donors (Lipinski definition) is 3. The molecule has 2 heterocycles. The van der Waals surface area contributed by atoms with Gasteiger partial charge in [-0.05, 0) is 86.1 Å². The Balaban J connectivity index is 1.31. The average molecular weight is 974 g/mol. The van der Waals surface area contributed by atoms with Gasteiger partial charge < -0.3 is 53.7 Å². The Morgan fingerprint density at radius 1 is 0.914 bits per heavy atom. The van der Waals surface area contributed by atoms with E-state index in [-0.39, 0.29) is 57.2 Å². The lowest BCUT2D eigenvalue weighted by Crippen LogP contribution is -2.69. The molecule has 0 aromatic heterocycles. The largest absolute Gasteiger partial charge is 0.459 e. The molecule has 2 aromatic rings. The van der Waals surface area contributed by atoms with Gasteiger partial charge in [-0.1, -0.05) is 125 Å². The fourth-order valence-corrected chi connectivity index (χ4v) is 10.8. The quantitative estimate of drug-likeness (QED) is 0.0374. The normalized spacial score (nSPS) is 24.1. The lowest BCUT2D eigenvalue weighted by atomic mass is 9.55. The van der Waals surface area contributed by atoms with E-state index < -0.39 is 36.2 Å². The van der Waals surface area contributed by atoms with Gasteiger partial charge in [0.25, 0.3) is 0 Å². The number of nitrogens with zero attached hydrogens (tertiary/aromatic N) is 2. The molecular formula is C56H83N3O11. The Morgan fingerprint density at radius 3 is 2.37 bits per heavy atom. The van der Waals surface area contributed by atoms with Crippen molar-refractivity contribution in [3.8, 4) is 11.5 Å². The maximum atomic E-state index is 14.3. The van der Waals surface area contributed by atoms with Gasteiger partial charge in [-0.25, -0.2) is 9.59 Å². The Hall–Kier alpha value is -4.47. The van der Waals surface area contributed by atoms with Crippen LogP contribution in [0.2, 0.25) is 0 Å². The summed E-state index contributed by atoms with van der Waals surface area (Å²) >= 11 is 0. The van der Waals surface area contributed by atoms with E-state index in [1.54, 1.807) is 24.1 Å². The Bertz CT molecular complexity index is 1940. The average Bonchev–Trinajstić information content (AvgIpc) is 3.38. The minimum absolute atomic E-state index is 0.00427. The highest BCUT2D eigenvalue weighted by Gasteiger charge is 2.65. The molecule has 388 valence electrons.